The van der Waals surface area contributed by atoms with Crippen LogP contribution in [0.1, 0.15) is 5.56 Å². The summed E-state index contributed by atoms with van der Waals surface area (Å²) in [5.41, 5.74) is 4.17. The molecule has 0 radical (unpaired) electrons. The highest BCUT2D eigenvalue weighted by atomic mass is 19.4. The second-order valence-electron chi connectivity index (χ2n) is 3.74. The number of nitrogens with two attached hydrogens (primary N) is 1. The molecule has 0 unspecified atom stereocenters. The van der Waals surface area contributed by atoms with E-state index in [1.807, 2.05) is 0 Å². The van der Waals surface area contributed by atoms with Crippen LogP contribution in [0.15, 0.2) is 42.5 Å². The maximum absolute atomic E-state index is 13.5. The minimum absolute atomic E-state index is 0.0444. The van der Waals surface area contributed by atoms with Crippen LogP contribution >= 0.6 is 0 Å². The fraction of sp³-hybridized carbons (Fsp3) is 0.0769. The molecule has 94 valence electrons. The van der Waals surface area contributed by atoms with E-state index < -0.39 is 23.2 Å². The molecule has 0 amide bonds. The van der Waals surface area contributed by atoms with Crippen molar-refractivity contribution in [3.63, 3.8) is 0 Å². The van der Waals surface area contributed by atoms with Crippen LogP contribution < -0.4 is 5.73 Å². The highest BCUT2D eigenvalue weighted by Gasteiger charge is 2.33. The van der Waals surface area contributed by atoms with E-state index in [1.165, 1.54) is 36.4 Å². The molecule has 5 heteroatoms. The largest absolute Gasteiger partial charge is 0.418 e. The molecule has 0 aliphatic rings. The first-order valence-corrected chi connectivity index (χ1v) is 5.12. The quantitative estimate of drug-likeness (QED) is 0.602. The van der Waals surface area contributed by atoms with E-state index in [0.717, 1.165) is 6.07 Å². The second-order valence-corrected chi connectivity index (χ2v) is 3.74. The number of para-hydroxylation sites is 1. The Kier molecular flexibility index (Phi) is 2.98. The molecule has 0 aromatic heterocycles. The lowest BCUT2D eigenvalue weighted by molar-refractivity contribution is -0.136. The van der Waals surface area contributed by atoms with E-state index in [2.05, 4.69) is 0 Å². The van der Waals surface area contributed by atoms with Crippen molar-refractivity contribution in [1.29, 1.82) is 0 Å². The molecule has 0 fully saturated rings. The van der Waals surface area contributed by atoms with E-state index in [9.17, 15) is 17.6 Å². The fourth-order valence-electron chi connectivity index (χ4n) is 1.73. The first-order chi connectivity index (χ1) is 8.41. The lowest BCUT2D eigenvalue weighted by Gasteiger charge is -2.14. The van der Waals surface area contributed by atoms with Crippen molar-refractivity contribution in [2.24, 2.45) is 0 Å². The van der Waals surface area contributed by atoms with Gasteiger partial charge in [-0.15, -0.1) is 0 Å². The van der Waals surface area contributed by atoms with Gasteiger partial charge in [0.1, 0.15) is 5.82 Å². The minimum atomic E-state index is -4.55. The summed E-state index contributed by atoms with van der Waals surface area (Å²) in [6.45, 7) is 0. The molecule has 1 nitrogen and oxygen atoms in total. The number of benzene rings is 2. The molecule has 2 rings (SSSR count). The van der Waals surface area contributed by atoms with Crippen LogP contribution in [-0.2, 0) is 6.18 Å². The smallest absolute Gasteiger partial charge is 0.398 e. The Morgan fingerprint density at radius 2 is 1.44 bits per heavy atom. The SMILES string of the molecule is Nc1c(-c2ccccc2F)cccc1C(F)(F)F. The Hall–Kier alpha value is -2.04. The van der Waals surface area contributed by atoms with E-state index >= 15 is 0 Å². The molecule has 0 atom stereocenters. The van der Waals surface area contributed by atoms with Crippen molar-refractivity contribution in [3.05, 3.63) is 53.8 Å². The molecule has 0 aliphatic carbocycles. The fourth-order valence-corrected chi connectivity index (χ4v) is 1.73. The Bertz CT molecular complexity index is 575. The highest BCUT2D eigenvalue weighted by molar-refractivity contribution is 5.79. The molecule has 0 bridgehead atoms. The summed E-state index contributed by atoms with van der Waals surface area (Å²) >= 11 is 0. The molecular formula is C13H9F4N. The normalized spacial score (nSPS) is 11.6. The van der Waals surface area contributed by atoms with Gasteiger partial charge in [-0.3, -0.25) is 0 Å². The zero-order chi connectivity index (χ0) is 13.3. The number of halogens is 4. The zero-order valence-corrected chi connectivity index (χ0v) is 9.13. The van der Waals surface area contributed by atoms with Crippen molar-refractivity contribution >= 4 is 5.69 Å². The lowest BCUT2D eigenvalue weighted by Crippen LogP contribution is -2.09. The maximum Gasteiger partial charge on any atom is 0.418 e. The van der Waals surface area contributed by atoms with E-state index in [1.54, 1.807) is 0 Å². The summed E-state index contributed by atoms with van der Waals surface area (Å²) in [7, 11) is 0. The Labute approximate surface area is 101 Å². The molecule has 2 N–H and O–H groups in total. The van der Waals surface area contributed by atoms with Crippen LogP contribution in [0.4, 0.5) is 23.2 Å². The molecule has 0 heterocycles. The minimum Gasteiger partial charge on any atom is -0.398 e. The van der Waals surface area contributed by atoms with Crippen LogP contribution in [0, 0.1) is 5.82 Å². The maximum atomic E-state index is 13.5. The van der Waals surface area contributed by atoms with Crippen LogP contribution in [0.5, 0.6) is 0 Å². The Morgan fingerprint density at radius 1 is 0.833 bits per heavy atom. The standard InChI is InChI=1S/C13H9F4N/c14-11-7-2-1-4-8(11)9-5-3-6-10(12(9)18)13(15,16)17/h1-7H,18H2. The van der Waals surface area contributed by atoms with Crippen molar-refractivity contribution in [2.75, 3.05) is 5.73 Å². The topological polar surface area (TPSA) is 26.0 Å². The van der Waals surface area contributed by atoms with Gasteiger partial charge in [-0.1, -0.05) is 30.3 Å². The van der Waals surface area contributed by atoms with Gasteiger partial charge in [0.15, 0.2) is 0 Å². The number of rotatable bonds is 1. The van der Waals surface area contributed by atoms with Gasteiger partial charge < -0.3 is 5.73 Å². The average Bonchev–Trinajstić information content (AvgIpc) is 2.29. The summed E-state index contributed by atoms with van der Waals surface area (Å²) in [6.07, 6.45) is -4.55. The van der Waals surface area contributed by atoms with Crippen molar-refractivity contribution in [2.45, 2.75) is 6.18 Å². The molecule has 0 spiro atoms. The van der Waals surface area contributed by atoms with Crippen LogP contribution in [0.25, 0.3) is 11.1 Å². The van der Waals surface area contributed by atoms with Crippen molar-refractivity contribution in [3.8, 4) is 11.1 Å². The third-order valence-electron chi connectivity index (χ3n) is 2.58. The molecule has 0 saturated heterocycles. The number of hydrogen-bond donors (Lipinski definition) is 1. The molecular weight excluding hydrogens is 246 g/mol. The lowest BCUT2D eigenvalue weighted by atomic mass is 9.99. The Morgan fingerprint density at radius 3 is 2.06 bits per heavy atom. The summed E-state index contributed by atoms with van der Waals surface area (Å²) in [5, 5.41) is 0. The number of nitrogen functional groups attached to an aromatic ring is 1. The first-order valence-electron chi connectivity index (χ1n) is 5.12. The predicted octanol–water partition coefficient (Wildman–Crippen LogP) is 4.09. The van der Waals surface area contributed by atoms with Gasteiger partial charge in [0, 0.05) is 11.1 Å². The van der Waals surface area contributed by atoms with Crippen molar-refractivity contribution in [1.82, 2.24) is 0 Å². The van der Waals surface area contributed by atoms with Gasteiger partial charge in [0.05, 0.1) is 11.3 Å². The summed E-state index contributed by atoms with van der Waals surface area (Å²) in [4.78, 5) is 0. The van der Waals surface area contributed by atoms with Gasteiger partial charge in [0.25, 0.3) is 0 Å². The monoisotopic (exact) mass is 255 g/mol. The van der Waals surface area contributed by atoms with E-state index in [0.29, 0.717) is 0 Å². The van der Waals surface area contributed by atoms with Gasteiger partial charge >= 0.3 is 6.18 Å². The second kappa shape index (κ2) is 4.33. The third-order valence-corrected chi connectivity index (χ3v) is 2.58. The summed E-state index contributed by atoms with van der Waals surface area (Å²) < 4.78 is 51.6. The van der Waals surface area contributed by atoms with Crippen LogP contribution in [0.2, 0.25) is 0 Å². The average molecular weight is 255 g/mol. The molecule has 2 aromatic rings. The number of anilines is 1. The number of hydrogen-bond acceptors (Lipinski definition) is 1. The van der Waals surface area contributed by atoms with Crippen LogP contribution in [0.3, 0.4) is 0 Å². The third kappa shape index (κ3) is 2.16. The molecule has 0 saturated carbocycles. The predicted molar refractivity (Wildman–Crippen MR) is 61.3 cm³/mol. The zero-order valence-electron chi connectivity index (χ0n) is 9.13. The Balaban J connectivity index is 2.64. The van der Waals surface area contributed by atoms with Crippen molar-refractivity contribution < 1.29 is 17.6 Å². The molecule has 2 aromatic carbocycles. The highest BCUT2D eigenvalue weighted by Crippen LogP contribution is 2.38. The van der Waals surface area contributed by atoms with Gasteiger partial charge in [-0.2, -0.15) is 13.2 Å². The van der Waals surface area contributed by atoms with Gasteiger partial charge in [-0.25, -0.2) is 4.39 Å². The summed E-state index contributed by atoms with van der Waals surface area (Å²) in [6, 6.07) is 9.01. The van der Waals surface area contributed by atoms with Crippen LogP contribution in [-0.4, -0.2) is 0 Å². The molecule has 18 heavy (non-hydrogen) atoms. The first kappa shape index (κ1) is 12.4. The van der Waals surface area contributed by atoms with E-state index in [-0.39, 0.29) is 11.1 Å². The van der Waals surface area contributed by atoms with E-state index in [4.69, 9.17) is 5.73 Å². The van der Waals surface area contributed by atoms with Gasteiger partial charge in [0.2, 0.25) is 0 Å². The molecule has 0 aliphatic heterocycles. The number of alkyl halides is 3. The summed E-state index contributed by atoms with van der Waals surface area (Å²) in [5.74, 6) is -0.608. The van der Waals surface area contributed by atoms with Gasteiger partial charge in [-0.05, 0) is 12.1 Å².